The summed E-state index contributed by atoms with van der Waals surface area (Å²) in [5.74, 6) is 3.88. The molecule has 1 aliphatic rings. The van der Waals surface area contributed by atoms with E-state index < -0.39 is 5.97 Å². The highest BCUT2D eigenvalue weighted by atomic mass is 16.5. The average molecular weight is 868 g/mol. The fourth-order valence-corrected chi connectivity index (χ4v) is 6.19. The Labute approximate surface area is 368 Å². The summed E-state index contributed by atoms with van der Waals surface area (Å²) < 4.78 is 22.3. The van der Waals surface area contributed by atoms with Crippen molar-refractivity contribution in [1.82, 2.24) is 65.5 Å². The van der Waals surface area contributed by atoms with Gasteiger partial charge in [-0.1, -0.05) is 36.4 Å². The van der Waals surface area contributed by atoms with Gasteiger partial charge in [0.1, 0.15) is 19.4 Å². The van der Waals surface area contributed by atoms with Crippen LogP contribution in [-0.2, 0) is 37.7 Å². The number of rotatable bonds is 13. The number of nitrogens with zero attached hydrogens (tertiary/aromatic N) is 14. The predicted molar refractivity (Wildman–Crippen MR) is 230 cm³/mol. The SMILES string of the molecule is C#CCCCOC(=O)c1ccc(-c2nnnn2C)cc1.Cn1nnnc1-c1ccc(C(=O)OCCN2CCCC2)cc1.Cn1nnnc1-c1ccc(C(=O)Oc2cc[n+](C)cc2)cc1. The van der Waals surface area contributed by atoms with Crippen molar-refractivity contribution in [3.8, 4) is 52.3 Å². The smallest absolute Gasteiger partial charge is 0.343 e. The number of carbonyl (C=O) groups excluding carboxylic acids is 3. The Morgan fingerprint density at radius 2 is 1.02 bits per heavy atom. The van der Waals surface area contributed by atoms with Gasteiger partial charge in [-0.2, -0.15) is 0 Å². The van der Waals surface area contributed by atoms with Crippen LogP contribution in [0.15, 0.2) is 97.3 Å². The molecular formula is C44H47N14O6+. The van der Waals surface area contributed by atoms with Crippen LogP contribution in [0, 0.1) is 12.3 Å². The topological polar surface area (TPSA) is 217 Å². The molecule has 3 aromatic carbocycles. The minimum atomic E-state index is -0.406. The molecule has 1 fully saturated rings. The molecule has 64 heavy (non-hydrogen) atoms. The van der Waals surface area contributed by atoms with Gasteiger partial charge in [0.25, 0.3) is 0 Å². The van der Waals surface area contributed by atoms with Gasteiger partial charge >= 0.3 is 17.9 Å². The molecule has 0 radical (unpaired) electrons. The van der Waals surface area contributed by atoms with Crippen LogP contribution >= 0.6 is 0 Å². The lowest BCUT2D eigenvalue weighted by Gasteiger charge is -2.14. The van der Waals surface area contributed by atoms with Crippen molar-refractivity contribution >= 4 is 17.9 Å². The fraction of sp³-hybridized carbons (Fsp3) is 0.295. The van der Waals surface area contributed by atoms with E-state index in [1.54, 1.807) is 108 Å². The molecule has 7 aromatic rings. The van der Waals surface area contributed by atoms with Gasteiger partial charge in [0.15, 0.2) is 29.9 Å². The third-order valence-electron chi connectivity index (χ3n) is 9.69. The molecule has 8 rings (SSSR count). The van der Waals surface area contributed by atoms with E-state index in [9.17, 15) is 14.4 Å². The van der Waals surface area contributed by atoms with Crippen LogP contribution in [0.3, 0.4) is 0 Å². The molecule has 0 atom stereocenters. The number of aryl methyl sites for hydroxylation is 4. The standard InChI is InChI=1S/C15H14N5O2.C15H19N5O2.C14H14N4O2/c1-19-9-7-13(8-10-19)22-15(21)12-5-3-11(4-6-12)14-16-17-18-20(14)2;1-19-14(16-17-18-19)12-4-6-13(7-5-12)15(21)22-11-10-20-8-2-3-9-20;1-3-4-5-10-20-14(19)12-8-6-11(7-9-12)13-15-16-17-18(13)2/h3-10H,1-2H3;4-7H,2-3,8-11H2,1H3;1,6-9H,4-5,10H2,2H3/q+1;;. The maximum atomic E-state index is 12.1. The second-order valence-corrected chi connectivity index (χ2v) is 14.3. The van der Waals surface area contributed by atoms with Gasteiger partial charge < -0.3 is 14.2 Å². The number of ether oxygens (including phenoxy) is 3. The van der Waals surface area contributed by atoms with E-state index in [0.29, 0.717) is 66.0 Å². The molecule has 0 unspecified atom stereocenters. The summed E-state index contributed by atoms with van der Waals surface area (Å²) in [7, 11) is 7.18. The van der Waals surface area contributed by atoms with Gasteiger partial charge in [-0.15, -0.1) is 27.6 Å². The summed E-state index contributed by atoms with van der Waals surface area (Å²) >= 11 is 0. The number of benzene rings is 3. The Morgan fingerprint density at radius 1 is 0.609 bits per heavy atom. The number of carbonyl (C=O) groups is 3. The molecule has 328 valence electrons. The quantitative estimate of drug-likeness (QED) is 0.0701. The van der Waals surface area contributed by atoms with E-state index in [0.717, 1.165) is 36.3 Å². The van der Waals surface area contributed by atoms with Gasteiger partial charge in [-0.25, -0.2) is 33.0 Å². The molecule has 20 heteroatoms. The number of unbranched alkanes of at least 4 members (excludes halogenated alkanes) is 1. The highest BCUT2D eigenvalue weighted by Gasteiger charge is 2.15. The maximum absolute atomic E-state index is 12.1. The molecule has 0 bridgehead atoms. The van der Waals surface area contributed by atoms with Crippen LogP contribution in [0.5, 0.6) is 5.75 Å². The number of hydrogen-bond acceptors (Lipinski definition) is 16. The predicted octanol–water partition coefficient (Wildman–Crippen LogP) is 3.50. The zero-order valence-electron chi connectivity index (χ0n) is 35.9. The van der Waals surface area contributed by atoms with Gasteiger partial charge in [0.05, 0.1) is 23.3 Å². The van der Waals surface area contributed by atoms with Gasteiger partial charge in [-0.3, -0.25) is 4.90 Å². The summed E-state index contributed by atoms with van der Waals surface area (Å²) in [4.78, 5) is 38.2. The van der Waals surface area contributed by atoms with E-state index in [2.05, 4.69) is 57.4 Å². The summed E-state index contributed by atoms with van der Waals surface area (Å²) in [6.07, 6.45) is 12.5. The molecule has 0 amide bonds. The van der Waals surface area contributed by atoms with Crippen molar-refractivity contribution < 1.29 is 33.2 Å². The zero-order valence-corrected chi connectivity index (χ0v) is 35.9. The number of aromatic nitrogens is 13. The largest absolute Gasteiger partial charge is 0.462 e. The van der Waals surface area contributed by atoms with Gasteiger partial charge in [0.2, 0.25) is 0 Å². The Bertz CT molecular complexity index is 2630. The van der Waals surface area contributed by atoms with Gasteiger partial charge in [-0.05, 0) is 100 Å². The number of esters is 3. The molecule has 0 saturated carbocycles. The number of terminal acetylenes is 1. The normalized spacial score (nSPS) is 11.9. The first kappa shape index (κ1) is 45.5. The zero-order chi connectivity index (χ0) is 45.3. The number of tetrazole rings is 3. The van der Waals surface area contributed by atoms with Crippen LogP contribution < -0.4 is 9.30 Å². The van der Waals surface area contributed by atoms with E-state index in [1.165, 1.54) is 12.8 Å². The summed E-state index contributed by atoms with van der Waals surface area (Å²) in [6.45, 7) is 3.80. The molecule has 20 nitrogen and oxygen atoms in total. The third kappa shape index (κ3) is 12.7. The van der Waals surface area contributed by atoms with Crippen molar-refractivity contribution in [1.29, 1.82) is 0 Å². The lowest BCUT2D eigenvalue weighted by molar-refractivity contribution is -0.671. The van der Waals surface area contributed by atoms with Crippen LogP contribution in [0.2, 0.25) is 0 Å². The monoisotopic (exact) mass is 867 g/mol. The third-order valence-corrected chi connectivity index (χ3v) is 9.69. The Balaban J connectivity index is 0.000000160. The van der Waals surface area contributed by atoms with Gasteiger partial charge in [0, 0.05) is 62.9 Å². The lowest BCUT2D eigenvalue weighted by Crippen LogP contribution is -2.25. The second-order valence-electron chi connectivity index (χ2n) is 14.3. The van der Waals surface area contributed by atoms with Crippen molar-refractivity contribution in [2.45, 2.75) is 25.7 Å². The van der Waals surface area contributed by atoms with Crippen molar-refractivity contribution in [2.24, 2.45) is 28.2 Å². The van der Waals surface area contributed by atoms with Crippen molar-refractivity contribution in [3.05, 3.63) is 114 Å². The fourth-order valence-electron chi connectivity index (χ4n) is 6.19. The second kappa shape index (κ2) is 22.7. The molecular weight excluding hydrogens is 821 g/mol. The molecule has 4 aromatic heterocycles. The first-order chi connectivity index (χ1) is 31.1. The Kier molecular flexibility index (Phi) is 16.1. The number of hydrogen-bond donors (Lipinski definition) is 0. The van der Waals surface area contributed by atoms with Crippen LogP contribution in [0.1, 0.15) is 56.8 Å². The first-order valence-electron chi connectivity index (χ1n) is 20.3. The van der Waals surface area contributed by atoms with Crippen LogP contribution in [-0.4, -0.2) is 116 Å². The van der Waals surface area contributed by atoms with Crippen LogP contribution in [0.4, 0.5) is 0 Å². The minimum absolute atomic E-state index is 0.290. The Morgan fingerprint density at radius 3 is 1.41 bits per heavy atom. The first-order valence-corrected chi connectivity index (χ1v) is 20.3. The number of pyridine rings is 1. The van der Waals surface area contributed by atoms with Crippen LogP contribution in [0.25, 0.3) is 34.2 Å². The van der Waals surface area contributed by atoms with Crippen molar-refractivity contribution in [3.63, 3.8) is 0 Å². The highest BCUT2D eigenvalue weighted by Crippen LogP contribution is 2.19. The lowest BCUT2D eigenvalue weighted by atomic mass is 10.1. The summed E-state index contributed by atoms with van der Waals surface area (Å²) in [5, 5.41) is 33.8. The molecule has 1 saturated heterocycles. The molecule has 0 spiro atoms. The number of likely N-dealkylation sites (tertiary alicyclic amines) is 1. The molecule has 5 heterocycles. The van der Waals surface area contributed by atoms with E-state index >= 15 is 0 Å². The molecule has 1 aliphatic heterocycles. The van der Waals surface area contributed by atoms with Crippen molar-refractivity contribution in [2.75, 3.05) is 32.8 Å². The molecule has 0 N–H and O–H groups in total. The Hall–Kier alpha value is -8.05. The van der Waals surface area contributed by atoms with E-state index in [-0.39, 0.29) is 11.9 Å². The summed E-state index contributed by atoms with van der Waals surface area (Å²) in [5.41, 5.74) is 4.02. The average Bonchev–Trinajstić information content (AvgIpc) is 4.17. The molecule has 0 aliphatic carbocycles. The minimum Gasteiger partial charge on any atom is -0.462 e. The maximum Gasteiger partial charge on any atom is 0.343 e. The van der Waals surface area contributed by atoms with E-state index in [1.807, 2.05) is 36.1 Å². The highest BCUT2D eigenvalue weighted by molar-refractivity contribution is 5.92. The summed E-state index contributed by atoms with van der Waals surface area (Å²) in [6, 6.07) is 24.5. The van der Waals surface area contributed by atoms with E-state index in [4.69, 9.17) is 20.6 Å².